The molecule has 0 saturated carbocycles. The Kier molecular flexibility index (Phi) is 7.23. The number of fused-ring (bicyclic) bond motifs is 2. The number of carbonyl (C=O) groups is 1. The minimum Gasteiger partial charge on any atom is -0.497 e. The first-order valence-corrected chi connectivity index (χ1v) is 12.4. The van der Waals surface area contributed by atoms with Crippen LogP contribution in [-0.4, -0.2) is 69.3 Å². The number of hydrogen-bond acceptors (Lipinski definition) is 7. The molecule has 1 fully saturated rings. The molecule has 8 heteroatoms. The Morgan fingerprint density at radius 2 is 1.86 bits per heavy atom. The molecule has 1 amide bonds. The molecule has 1 saturated heterocycles. The fourth-order valence-electron chi connectivity index (χ4n) is 4.75. The smallest absolute Gasteiger partial charge is 0.287 e. The zero-order valence-corrected chi connectivity index (χ0v) is 20.8. The lowest BCUT2D eigenvalue weighted by molar-refractivity contribution is 0.0927. The Bertz CT molecular complexity index is 1340. The van der Waals surface area contributed by atoms with Gasteiger partial charge in [-0.2, -0.15) is 0 Å². The highest BCUT2D eigenvalue weighted by Crippen LogP contribution is 2.29. The summed E-state index contributed by atoms with van der Waals surface area (Å²) >= 11 is 0. The van der Waals surface area contributed by atoms with Crippen LogP contribution in [0.25, 0.3) is 21.7 Å². The second kappa shape index (κ2) is 10.9. The molecule has 188 valence electrons. The van der Waals surface area contributed by atoms with E-state index >= 15 is 0 Å². The molecule has 2 aromatic heterocycles. The number of anilines is 1. The lowest BCUT2D eigenvalue weighted by atomic mass is 10.1. The number of amides is 1. The molecule has 0 unspecified atom stereocenters. The van der Waals surface area contributed by atoms with Gasteiger partial charge < -0.3 is 24.1 Å². The van der Waals surface area contributed by atoms with Crippen molar-refractivity contribution >= 4 is 33.5 Å². The molecule has 1 aliphatic heterocycles. The number of ether oxygens (including phenoxy) is 2. The van der Waals surface area contributed by atoms with Crippen LogP contribution in [0.4, 0.5) is 5.82 Å². The van der Waals surface area contributed by atoms with Gasteiger partial charge in [-0.3, -0.25) is 9.69 Å². The standard InChI is InChI=1S/C28H32N4O4/c1-34-22-9-8-20-10-12-29-27(23(20)19-22)32-16-14-31(15-17-32)13-4-3-11-30-28(33)25-18-21-6-5-7-24(35-2)26(21)36-25/h5-10,12,18-19H,3-4,11,13-17H2,1-2H3,(H,30,33). The molecule has 0 bridgehead atoms. The maximum absolute atomic E-state index is 12.5. The van der Waals surface area contributed by atoms with Crippen LogP contribution < -0.4 is 19.7 Å². The molecule has 5 rings (SSSR count). The van der Waals surface area contributed by atoms with E-state index in [-0.39, 0.29) is 5.91 Å². The van der Waals surface area contributed by atoms with Gasteiger partial charge in [-0.25, -0.2) is 4.98 Å². The number of nitrogens with one attached hydrogen (secondary N) is 1. The number of unbranched alkanes of at least 4 members (excludes halogenated alkanes) is 1. The van der Waals surface area contributed by atoms with Gasteiger partial charge >= 0.3 is 0 Å². The molecule has 36 heavy (non-hydrogen) atoms. The first-order valence-electron chi connectivity index (χ1n) is 12.4. The predicted octanol–water partition coefficient (Wildman–Crippen LogP) is 4.33. The summed E-state index contributed by atoms with van der Waals surface area (Å²) in [5.41, 5.74) is 0.599. The predicted molar refractivity (Wildman–Crippen MR) is 141 cm³/mol. The van der Waals surface area contributed by atoms with Gasteiger partial charge in [0.25, 0.3) is 5.91 Å². The molecule has 1 N–H and O–H groups in total. The molecule has 0 atom stereocenters. The molecule has 8 nitrogen and oxygen atoms in total. The van der Waals surface area contributed by atoms with E-state index in [9.17, 15) is 4.79 Å². The van der Waals surface area contributed by atoms with Gasteiger partial charge in [0.15, 0.2) is 17.1 Å². The molecule has 0 spiro atoms. The number of benzene rings is 2. The zero-order chi connectivity index (χ0) is 24.9. The van der Waals surface area contributed by atoms with Crippen molar-refractivity contribution in [3.8, 4) is 11.5 Å². The summed E-state index contributed by atoms with van der Waals surface area (Å²) in [6.07, 6.45) is 3.82. The minimum atomic E-state index is -0.193. The number of nitrogens with zero attached hydrogens (tertiary/aromatic N) is 3. The number of carbonyl (C=O) groups excluding carboxylic acids is 1. The Morgan fingerprint density at radius 1 is 1.00 bits per heavy atom. The minimum absolute atomic E-state index is 0.193. The van der Waals surface area contributed by atoms with E-state index in [1.54, 1.807) is 20.3 Å². The third kappa shape index (κ3) is 5.09. The molecule has 1 aliphatic rings. The monoisotopic (exact) mass is 488 g/mol. The summed E-state index contributed by atoms with van der Waals surface area (Å²) in [7, 11) is 3.28. The molecule has 3 heterocycles. The van der Waals surface area contributed by atoms with Crippen molar-refractivity contribution in [3.63, 3.8) is 0 Å². The van der Waals surface area contributed by atoms with Crippen molar-refractivity contribution in [1.29, 1.82) is 0 Å². The zero-order valence-electron chi connectivity index (χ0n) is 20.8. The summed E-state index contributed by atoms with van der Waals surface area (Å²) in [6.45, 7) is 5.51. The van der Waals surface area contributed by atoms with E-state index in [4.69, 9.17) is 13.9 Å². The Labute approximate surface area is 210 Å². The second-order valence-corrected chi connectivity index (χ2v) is 9.00. The van der Waals surface area contributed by atoms with E-state index in [0.29, 0.717) is 23.6 Å². The lowest BCUT2D eigenvalue weighted by Gasteiger charge is -2.36. The SMILES string of the molecule is COc1ccc2ccnc(N3CCN(CCCCNC(=O)c4cc5cccc(OC)c5o4)CC3)c2c1. The van der Waals surface area contributed by atoms with Crippen LogP contribution in [0.15, 0.2) is 59.1 Å². The Morgan fingerprint density at radius 3 is 2.67 bits per heavy atom. The number of rotatable bonds is 9. The number of piperazine rings is 1. The van der Waals surface area contributed by atoms with Crippen LogP contribution in [0.2, 0.25) is 0 Å². The third-order valence-electron chi connectivity index (χ3n) is 6.76. The van der Waals surface area contributed by atoms with Crippen molar-refractivity contribution in [1.82, 2.24) is 15.2 Å². The van der Waals surface area contributed by atoms with Gasteiger partial charge in [0.2, 0.25) is 0 Å². The van der Waals surface area contributed by atoms with Crippen molar-refractivity contribution < 1.29 is 18.7 Å². The maximum Gasteiger partial charge on any atom is 0.287 e. The highest BCUT2D eigenvalue weighted by molar-refractivity contribution is 5.97. The van der Waals surface area contributed by atoms with E-state index in [1.807, 2.05) is 36.5 Å². The summed E-state index contributed by atoms with van der Waals surface area (Å²) < 4.78 is 16.5. The number of aromatic nitrogens is 1. The van der Waals surface area contributed by atoms with Gasteiger partial charge in [-0.05, 0) is 55.1 Å². The summed E-state index contributed by atoms with van der Waals surface area (Å²) in [5, 5.41) is 6.13. The number of furan rings is 1. The average molecular weight is 489 g/mol. The van der Waals surface area contributed by atoms with Crippen LogP contribution >= 0.6 is 0 Å². The fourth-order valence-corrected chi connectivity index (χ4v) is 4.75. The third-order valence-corrected chi connectivity index (χ3v) is 6.76. The highest BCUT2D eigenvalue weighted by Gasteiger charge is 2.20. The molecule has 2 aromatic carbocycles. The first-order chi connectivity index (χ1) is 17.7. The summed E-state index contributed by atoms with van der Waals surface area (Å²) in [4.78, 5) is 22.0. The quantitative estimate of drug-likeness (QED) is 0.351. The highest BCUT2D eigenvalue weighted by atomic mass is 16.5. The lowest BCUT2D eigenvalue weighted by Crippen LogP contribution is -2.47. The van der Waals surface area contributed by atoms with Gasteiger partial charge in [0.1, 0.15) is 11.6 Å². The first kappa shape index (κ1) is 23.9. The van der Waals surface area contributed by atoms with Crippen molar-refractivity contribution in [2.24, 2.45) is 0 Å². The average Bonchev–Trinajstić information content (AvgIpc) is 3.37. The molecule has 0 radical (unpaired) electrons. The Hall–Kier alpha value is -3.78. The van der Waals surface area contributed by atoms with E-state index in [1.165, 1.54) is 5.39 Å². The van der Waals surface area contributed by atoms with Crippen molar-refractivity contribution in [2.75, 3.05) is 58.4 Å². The number of methoxy groups -OCH3 is 2. The second-order valence-electron chi connectivity index (χ2n) is 9.00. The van der Waals surface area contributed by atoms with E-state index in [2.05, 4.69) is 32.2 Å². The van der Waals surface area contributed by atoms with E-state index in [0.717, 1.165) is 67.9 Å². The molecular weight excluding hydrogens is 456 g/mol. The van der Waals surface area contributed by atoms with Gasteiger partial charge in [0.05, 0.1) is 14.2 Å². The fraction of sp³-hybridized carbons (Fsp3) is 0.357. The van der Waals surface area contributed by atoms with E-state index < -0.39 is 0 Å². The number of hydrogen-bond donors (Lipinski definition) is 1. The van der Waals surface area contributed by atoms with Crippen LogP contribution in [0.1, 0.15) is 23.4 Å². The molecule has 0 aliphatic carbocycles. The van der Waals surface area contributed by atoms with Crippen LogP contribution in [-0.2, 0) is 0 Å². The number of para-hydroxylation sites is 1. The van der Waals surface area contributed by atoms with Crippen molar-refractivity contribution in [3.05, 3.63) is 60.5 Å². The van der Waals surface area contributed by atoms with Crippen molar-refractivity contribution in [2.45, 2.75) is 12.8 Å². The largest absolute Gasteiger partial charge is 0.497 e. The van der Waals surface area contributed by atoms with Gasteiger partial charge in [-0.1, -0.05) is 18.2 Å². The van der Waals surface area contributed by atoms with Crippen LogP contribution in [0.3, 0.4) is 0 Å². The maximum atomic E-state index is 12.5. The summed E-state index contributed by atoms with van der Waals surface area (Å²) in [5.74, 6) is 2.62. The molecular formula is C28H32N4O4. The summed E-state index contributed by atoms with van der Waals surface area (Å²) in [6, 6.07) is 15.5. The van der Waals surface area contributed by atoms with Gasteiger partial charge in [-0.15, -0.1) is 0 Å². The topological polar surface area (TPSA) is 80.1 Å². The number of pyridine rings is 1. The normalized spacial score (nSPS) is 14.3. The van der Waals surface area contributed by atoms with Crippen LogP contribution in [0.5, 0.6) is 11.5 Å². The van der Waals surface area contributed by atoms with Gasteiger partial charge in [0, 0.05) is 49.7 Å². The Balaban J connectivity index is 1.06. The molecule has 4 aromatic rings. The van der Waals surface area contributed by atoms with Crippen LogP contribution in [0, 0.1) is 0 Å².